The van der Waals surface area contributed by atoms with E-state index in [0.29, 0.717) is 47.4 Å². The Balaban J connectivity index is 1.25. The quantitative estimate of drug-likeness (QED) is 0.446. The first-order chi connectivity index (χ1) is 18.1. The highest BCUT2D eigenvalue weighted by Gasteiger charge is 2.42. The molecule has 2 heterocycles. The van der Waals surface area contributed by atoms with E-state index in [1.54, 1.807) is 18.2 Å². The smallest absolute Gasteiger partial charge is 0.384 e. The van der Waals surface area contributed by atoms with Crippen LogP contribution in [0, 0.1) is 11.8 Å². The number of primary amides is 1. The van der Waals surface area contributed by atoms with Crippen molar-refractivity contribution in [1.29, 1.82) is 0 Å². The molecule has 3 unspecified atom stereocenters. The third kappa shape index (κ3) is 5.61. The van der Waals surface area contributed by atoms with Crippen LogP contribution in [-0.2, 0) is 0 Å². The molecule has 202 valence electrons. The molecule has 2 aromatic rings. The van der Waals surface area contributed by atoms with Gasteiger partial charge in [-0.05, 0) is 80.7 Å². The van der Waals surface area contributed by atoms with E-state index >= 15 is 0 Å². The molecular formula is C27H30F3N5O3. The molecule has 3 atom stereocenters. The molecule has 0 spiro atoms. The number of fused-ring (bicyclic) bond motifs is 1. The molecule has 3 fully saturated rings. The standard InChI is InChI=1S/C27H30F3N5O3/c28-27(29,30)24(36)18-6-8-23(33-14-18)35-9-1-2-16-10-19(12-22(16)35)34-26(38)17-5-7-20(25(31)37)21(11-17)32-13-15-3-4-15/h5-8,11,14-16,19,22,32H,1-4,9-10,12-13H2,(H2,31,37)(H,34,38). The number of amides is 2. The van der Waals surface area contributed by atoms with Crippen molar-refractivity contribution in [3.63, 3.8) is 0 Å². The molecule has 2 saturated carbocycles. The van der Waals surface area contributed by atoms with Crippen LogP contribution in [0.15, 0.2) is 36.5 Å². The van der Waals surface area contributed by atoms with E-state index < -0.39 is 23.4 Å². The third-order valence-electron chi connectivity index (χ3n) is 7.75. The van der Waals surface area contributed by atoms with Crippen molar-refractivity contribution in [3.05, 3.63) is 53.2 Å². The zero-order valence-corrected chi connectivity index (χ0v) is 20.8. The van der Waals surface area contributed by atoms with Crippen molar-refractivity contribution in [2.45, 2.75) is 56.8 Å². The van der Waals surface area contributed by atoms with E-state index in [9.17, 15) is 27.6 Å². The molecule has 0 radical (unpaired) electrons. The fraction of sp³-hybridized carbons (Fsp3) is 0.481. The Labute approximate surface area is 218 Å². The summed E-state index contributed by atoms with van der Waals surface area (Å²) in [6.07, 6.45) is 1.67. The summed E-state index contributed by atoms with van der Waals surface area (Å²) in [5, 5.41) is 6.37. The maximum absolute atomic E-state index is 13.1. The summed E-state index contributed by atoms with van der Waals surface area (Å²) in [5.41, 5.74) is 6.36. The van der Waals surface area contributed by atoms with Crippen molar-refractivity contribution in [2.24, 2.45) is 17.6 Å². The van der Waals surface area contributed by atoms with Gasteiger partial charge in [0.15, 0.2) is 0 Å². The maximum Gasteiger partial charge on any atom is 0.454 e. The second-order valence-electron chi connectivity index (χ2n) is 10.5. The van der Waals surface area contributed by atoms with Crippen molar-refractivity contribution in [3.8, 4) is 0 Å². The molecule has 2 amide bonds. The number of nitrogens with zero attached hydrogens (tertiary/aromatic N) is 2. The lowest BCUT2D eigenvalue weighted by Gasteiger charge is -2.38. The van der Waals surface area contributed by atoms with Gasteiger partial charge in [-0.25, -0.2) is 4.98 Å². The molecule has 1 aromatic heterocycles. The fourth-order valence-corrected chi connectivity index (χ4v) is 5.63. The number of carbonyl (C=O) groups excluding carboxylic acids is 3. The maximum atomic E-state index is 13.1. The Morgan fingerprint density at radius 2 is 1.82 bits per heavy atom. The number of anilines is 2. The van der Waals surface area contributed by atoms with Crippen LogP contribution < -0.4 is 21.3 Å². The van der Waals surface area contributed by atoms with Crippen LogP contribution in [-0.4, -0.2) is 53.9 Å². The Morgan fingerprint density at radius 1 is 1.05 bits per heavy atom. The van der Waals surface area contributed by atoms with Gasteiger partial charge in [0.05, 0.1) is 5.56 Å². The number of alkyl halides is 3. The van der Waals surface area contributed by atoms with Crippen LogP contribution in [0.3, 0.4) is 0 Å². The lowest BCUT2D eigenvalue weighted by molar-refractivity contribution is -0.0885. The number of aromatic nitrogens is 1. The summed E-state index contributed by atoms with van der Waals surface area (Å²) >= 11 is 0. The summed E-state index contributed by atoms with van der Waals surface area (Å²) in [6.45, 7) is 1.43. The summed E-state index contributed by atoms with van der Waals surface area (Å²) in [6, 6.07) is 7.47. The van der Waals surface area contributed by atoms with E-state index in [1.807, 2.05) is 0 Å². The molecule has 4 N–H and O–H groups in total. The lowest BCUT2D eigenvalue weighted by Crippen LogP contribution is -2.43. The summed E-state index contributed by atoms with van der Waals surface area (Å²) in [7, 11) is 0. The minimum Gasteiger partial charge on any atom is -0.384 e. The van der Waals surface area contributed by atoms with Crippen molar-refractivity contribution in [1.82, 2.24) is 10.3 Å². The van der Waals surface area contributed by atoms with Crippen LogP contribution in [0.1, 0.15) is 69.6 Å². The van der Waals surface area contributed by atoms with Gasteiger partial charge < -0.3 is 21.3 Å². The summed E-state index contributed by atoms with van der Waals surface area (Å²) in [5.74, 6) is -1.29. The predicted molar refractivity (Wildman–Crippen MR) is 135 cm³/mol. The van der Waals surface area contributed by atoms with Crippen molar-refractivity contribution < 1.29 is 27.6 Å². The minimum atomic E-state index is -4.94. The van der Waals surface area contributed by atoms with E-state index in [0.717, 1.165) is 44.8 Å². The van der Waals surface area contributed by atoms with Crippen LogP contribution in [0.25, 0.3) is 0 Å². The molecule has 5 rings (SSSR count). The topological polar surface area (TPSA) is 117 Å². The molecule has 1 aromatic carbocycles. The lowest BCUT2D eigenvalue weighted by atomic mass is 9.92. The number of halogens is 3. The van der Waals surface area contributed by atoms with Gasteiger partial charge in [0.25, 0.3) is 17.6 Å². The number of ketones is 1. The monoisotopic (exact) mass is 529 g/mol. The molecule has 11 heteroatoms. The van der Waals surface area contributed by atoms with Crippen LogP contribution in [0.5, 0.6) is 0 Å². The van der Waals surface area contributed by atoms with Crippen LogP contribution in [0.2, 0.25) is 0 Å². The number of hydrogen-bond donors (Lipinski definition) is 3. The highest BCUT2D eigenvalue weighted by molar-refractivity contribution is 6.02. The number of pyridine rings is 1. The number of hydrogen-bond acceptors (Lipinski definition) is 6. The zero-order valence-electron chi connectivity index (χ0n) is 20.8. The number of carbonyl (C=O) groups is 3. The van der Waals surface area contributed by atoms with Gasteiger partial charge in [-0.3, -0.25) is 14.4 Å². The largest absolute Gasteiger partial charge is 0.454 e. The summed E-state index contributed by atoms with van der Waals surface area (Å²) < 4.78 is 38.2. The average molecular weight is 530 g/mol. The Bertz CT molecular complexity index is 1230. The van der Waals surface area contributed by atoms with E-state index in [2.05, 4.69) is 20.5 Å². The normalized spacial score (nSPS) is 23.0. The van der Waals surface area contributed by atoms with Gasteiger partial charge in [-0.15, -0.1) is 0 Å². The Hall–Kier alpha value is -3.63. The minimum absolute atomic E-state index is 0.0807. The van der Waals surface area contributed by atoms with Crippen LogP contribution >= 0.6 is 0 Å². The second-order valence-corrected chi connectivity index (χ2v) is 10.5. The highest BCUT2D eigenvalue weighted by atomic mass is 19.4. The number of rotatable bonds is 8. The molecule has 8 nitrogen and oxygen atoms in total. The van der Waals surface area contributed by atoms with Crippen LogP contribution in [0.4, 0.5) is 24.7 Å². The summed E-state index contributed by atoms with van der Waals surface area (Å²) in [4.78, 5) is 42.7. The van der Waals surface area contributed by atoms with Gasteiger partial charge in [-0.2, -0.15) is 13.2 Å². The zero-order chi connectivity index (χ0) is 27.0. The molecule has 38 heavy (non-hydrogen) atoms. The number of benzene rings is 1. The highest BCUT2D eigenvalue weighted by Crippen LogP contribution is 2.39. The van der Waals surface area contributed by atoms with E-state index in [1.165, 1.54) is 12.1 Å². The first-order valence-electron chi connectivity index (χ1n) is 12.9. The number of nitrogens with two attached hydrogens (primary N) is 1. The first kappa shape index (κ1) is 26.0. The van der Waals surface area contributed by atoms with Gasteiger partial charge >= 0.3 is 6.18 Å². The third-order valence-corrected chi connectivity index (χ3v) is 7.75. The molecule has 1 aliphatic heterocycles. The van der Waals surface area contributed by atoms with Gasteiger partial charge in [0, 0.05) is 48.2 Å². The predicted octanol–water partition coefficient (Wildman–Crippen LogP) is 3.92. The molecular weight excluding hydrogens is 499 g/mol. The fourth-order valence-electron chi connectivity index (χ4n) is 5.63. The van der Waals surface area contributed by atoms with Crippen molar-refractivity contribution >= 4 is 29.1 Å². The molecule has 2 aliphatic carbocycles. The van der Waals surface area contributed by atoms with Gasteiger partial charge in [0.1, 0.15) is 5.82 Å². The SMILES string of the molecule is NC(=O)c1ccc(C(=O)NC2CC3CCCN(c4ccc(C(=O)C(F)(F)F)cn4)C3C2)cc1NCC1CC1. The molecule has 3 aliphatic rings. The first-order valence-corrected chi connectivity index (χ1v) is 12.9. The Morgan fingerprint density at radius 3 is 2.47 bits per heavy atom. The molecule has 1 saturated heterocycles. The number of nitrogens with one attached hydrogen (secondary N) is 2. The van der Waals surface area contributed by atoms with Gasteiger partial charge in [0.2, 0.25) is 0 Å². The van der Waals surface area contributed by atoms with E-state index in [-0.39, 0.29) is 18.0 Å². The van der Waals surface area contributed by atoms with E-state index in [4.69, 9.17) is 5.73 Å². The number of Topliss-reactive ketones (excluding diaryl/α,β-unsaturated/α-hetero) is 1. The molecule has 0 bridgehead atoms. The van der Waals surface area contributed by atoms with Crippen molar-refractivity contribution in [2.75, 3.05) is 23.3 Å². The van der Waals surface area contributed by atoms with Gasteiger partial charge in [-0.1, -0.05) is 0 Å². The second kappa shape index (κ2) is 10.3. The number of piperidine rings is 1. The Kier molecular flexibility index (Phi) is 7.02. The average Bonchev–Trinajstić information content (AvgIpc) is 3.63.